The number of aliphatic hydroxyl groups excluding tert-OH is 1. The highest BCUT2D eigenvalue weighted by molar-refractivity contribution is 5.95. The molecule has 1 N–H and O–H groups in total. The van der Waals surface area contributed by atoms with Gasteiger partial charge < -0.3 is 10.0 Å². The van der Waals surface area contributed by atoms with E-state index in [2.05, 4.69) is 19.1 Å². The zero-order valence-corrected chi connectivity index (χ0v) is 12.8. The summed E-state index contributed by atoms with van der Waals surface area (Å²) in [6, 6.07) is 16.0. The highest BCUT2D eigenvalue weighted by Crippen LogP contribution is 2.25. The van der Waals surface area contributed by atoms with Crippen LogP contribution in [0.25, 0.3) is 11.1 Å². The largest absolute Gasteiger partial charge is 0.394 e. The van der Waals surface area contributed by atoms with Crippen LogP contribution in [0.5, 0.6) is 0 Å². The van der Waals surface area contributed by atoms with Crippen molar-refractivity contribution in [2.24, 2.45) is 0 Å². The fourth-order valence-corrected chi connectivity index (χ4v) is 3.15. The summed E-state index contributed by atoms with van der Waals surface area (Å²) in [6.07, 6.45) is 1.86. The van der Waals surface area contributed by atoms with Crippen LogP contribution in [0.2, 0.25) is 0 Å². The molecular weight excluding hydrogens is 274 g/mol. The molecule has 3 rings (SSSR count). The van der Waals surface area contributed by atoms with Gasteiger partial charge in [-0.05, 0) is 48.6 Å². The minimum atomic E-state index is -0.0245. The number of carbonyl (C=O) groups excluding carboxylic acids is 1. The van der Waals surface area contributed by atoms with Crippen molar-refractivity contribution in [1.82, 2.24) is 4.90 Å². The first-order valence-corrected chi connectivity index (χ1v) is 7.78. The van der Waals surface area contributed by atoms with Gasteiger partial charge in [-0.25, -0.2) is 0 Å². The summed E-state index contributed by atoms with van der Waals surface area (Å²) in [7, 11) is 0. The fourth-order valence-electron chi connectivity index (χ4n) is 3.15. The average molecular weight is 295 g/mol. The van der Waals surface area contributed by atoms with Crippen LogP contribution in [0.1, 0.15) is 28.8 Å². The number of nitrogens with zero attached hydrogens (tertiary/aromatic N) is 1. The zero-order valence-electron chi connectivity index (χ0n) is 12.8. The number of amides is 1. The SMILES string of the molecule is Cc1ccccc1-c1ccc(C(=O)N2CCCC2CO)cc1. The fraction of sp³-hybridized carbons (Fsp3) is 0.316. The monoisotopic (exact) mass is 295 g/mol. The number of carbonyl (C=O) groups is 1. The van der Waals surface area contributed by atoms with Crippen LogP contribution in [0, 0.1) is 6.92 Å². The molecule has 1 aliphatic heterocycles. The van der Waals surface area contributed by atoms with Gasteiger partial charge in [-0.2, -0.15) is 0 Å². The number of likely N-dealkylation sites (tertiary alicyclic amines) is 1. The number of aliphatic hydroxyl groups is 1. The third kappa shape index (κ3) is 2.77. The normalized spacial score (nSPS) is 17.7. The first kappa shape index (κ1) is 14.8. The van der Waals surface area contributed by atoms with E-state index in [-0.39, 0.29) is 18.6 Å². The third-order valence-electron chi connectivity index (χ3n) is 4.44. The van der Waals surface area contributed by atoms with E-state index in [1.54, 1.807) is 4.90 Å². The van der Waals surface area contributed by atoms with E-state index < -0.39 is 0 Å². The molecule has 1 heterocycles. The quantitative estimate of drug-likeness (QED) is 0.944. The Kier molecular flexibility index (Phi) is 4.25. The maximum absolute atomic E-state index is 12.5. The maximum atomic E-state index is 12.5. The highest BCUT2D eigenvalue weighted by atomic mass is 16.3. The molecule has 0 radical (unpaired) electrons. The molecule has 0 aromatic heterocycles. The molecule has 0 bridgehead atoms. The van der Waals surface area contributed by atoms with Gasteiger partial charge in [0.05, 0.1) is 12.6 Å². The Morgan fingerprint density at radius 3 is 2.59 bits per heavy atom. The standard InChI is InChI=1S/C19H21NO2/c1-14-5-2-3-7-18(14)15-8-10-16(11-9-15)19(22)20-12-4-6-17(20)13-21/h2-3,5,7-11,17,21H,4,6,12-13H2,1H3. The van der Waals surface area contributed by atoms with Gasteiger partial charge in [0.2, 0.25) is 0 Å². The predicted molar refractivity (Wildman–Crippen MR) is 87.8 cm³/mol. The summed E-state index contributed by atoms with van der Waals surface area (Å²) in [4.78, 5) is 14.3. The Bertz CT molecular complexity index is 663. The van der Waals surface area contributed by atoms with Crippen LogP contribution in [0.3, 0.4) is 0 Å². The first-order valence-electron chi connectivity index (χ1n) is 7.78. The lowest BCUT2D eigenvalue weighted by Crippen LogP contribution is -2.37. The first-order chi connectivity index (χ1) is 10.7. The van der Waals surface area contributed by atoms with Crippen LogP contribution in [-0.2, 0) is 0 Å². The van der Waals surface area contributed by atoms with Crippen molar-refractivity contribution in [2.75, 3.05) is 13.2 Å². The lowest BCUT2D eigenvalue weighted by Gasteiger charge is -2.23. The molecule has 22 heavy (non-hydrogen) atoms. The van der Waals surface area contributed by atoms with Crippen LogP contribution >= 0.6 is 0 Å². The van der Waals surface area contributed by atoms with E-state index in [0.717, 1.165) is 24.9 Å². The molecule has 3 heteroatoms. The molecule has 0 aliphatic carbocycles. The van der Waals surface area contributed by atoms with E-state index in [4.69, 9.17) is 0 Å². The van der Waals surface area contributed by atoms with Crippen LogP contribution < -0.4 is 0 Å². The molecule has 1 amide bonds. The molecule has 2 aromatic rings. The molecular formula is C19H21NO2. The van der Waals surface area contributed by atoms with Gasteiger partial charge in [0.1, 0.15) is 0 Å². The molecule has 114 valence electrons. The van der Waals surface area contributed by atoms with Crippen molar-refractivity contribution in [2.45, 2.75) is 25.8 Å². The van der Waals surface area contributed by atoms with Crippen molar-refractivity contribution in [3.63, 3.8) is 0 Å². The molecule has 1 aliphatic rings. The van der Waals surface area contributed by atoms with Crippen molar-refractivity contribution >= 4 is 5.91 Å². The van der Waals surface area contributed by atoms with Crippen molar-refractivity contribution in [3.8, 4) is 11.1 Å². The second-order valence-corrected chi connectivity index (χ2v) is 5.87. The van der Waals surface area contributed by atoms with E-state index in [0.29, 0.717) is 5.56 Å². The van der Waals surface area contributed by atoms with Crippen LogP contribution in [0.4, 0.5) is 0 Å². The van der Waals surface area contributed by atoms with Gasteiger partial charge in [0, 0.05) is 12.1 Å². The highest BCUT2D eigenvalue weighted by Gasteiger charge is 2.28. The number of hydrogen-bond acceptors (Lipinski definition) is 2. The summed E-state index contributed by atoms with van der Waals surface area (Å²) in [5.74, 6) is 0.0212. The summed E-state index contributed by atoms with van der Waals surface area (Å²) >= 11 is 0. The Balaban J connectivity index is 1.83. The molecule has 1 saturated heterocycles. The minimum absolute atomic E-state index is 0.0212. The smallest absolute Gasteiger partial charge is 0.254 e. The Morgan fingerprint density at radius 1 is 1.18 bits per heavy atom. The van der Waals surface area contributed by atoms with Gasteiger partial charge >= 0.3 is 0 Å². The number of hydrogen-bond donors (Lipinski definition) is 1. The zero-order chi connectivity index (χ0) is 15.5. The summed E-state index contributed by atoms with van der Waals surface area (Å²) in [5.41, 5.74) is 4.23. The van der Waals surface area contributed by atoms with Gasteiger partial charge in [0.15, 0.2) is 0 Å². The second kappa shape index (κ2) is 6.32. The molecule has 3 nitrogen and oxygen atoms in total. The molecule has 1 fully saturated rings. The Hall–Kier alpha value is -2.13. The van der Waals surface area contributed by atoms with Crippen molar-refractivity contribution < 1.29 is 9.90 Å². The molecule has 0 saturated carbocycles. The maximum Gasteiger partial charge on any atom is 0.254 e. The van der Waals surface area contributed by atoms with Gasteiger partial charge in [-0.15, -0.1) is 0 Å². The van der Waals surface area contributed by atoms with Crippen molar-refractivity contribution in [3.05, 3.63) is 59.7 Å². The topological polar surface area (TPSA) is 40.5 Å². The molecule has 1 atom stereocenters. The van der Waals surface area contributed by atoms with Gasteiger partial charge in [-0.1, -0.05) is 36.4 Å². The number of aryl methyl sites for hydroxylation is 1. The van der Waals surface area contributed by atoms with E-state index in [1.165, 1.54) is 11.1 Å². The van der Waals surface area contributed by atoms with E-state index in [9.17, 15) is 9.90 Å². The molecule has 1 unspecified atom stereocenters. The lowest BCUT2D eigenvalue weighted by molar-refractivity contribution is 0.0677. The second-order valence-electron chi connectivity index (χ2n) is 5.87. The van der Waals surface area contributed by atoms with Crippen LogP contribution in [-0.4, -0.2) is 35.1 Å². The summed E-state index contributed by atoms with van der Waals surface area (Å²) in [6.45, 7) is 2.88. The average Bonchev–Trinajstić information content (AvgIpc) is 3.03. The summed E-state index contributed by atoms with van der Waals surface area (Å²) in [5, 5.41) is 9.36. The van der Waals surface area contributed by atoms with Gasteiger partial charge in [0.25, 0.3) is 5.91 Å². The molecule has 0 spiro atoms. The van der Waals surface area contributed by atoms with E-state index in [1.807, 2.05) is 36.4 Å². The number of rotatable bonds is 3. The predicted octanol–water partition coefficient (Wildman–Crippen LogP) is 3.26. The number of benzene rings is 2. The van der Waals surface area contributed by atoms with Crippen LogP contribution in [0.15, 0.2) is 48.5 Å². The molecule has 2 aromatic carbocycles. The Labute approximate surface area is 131 Å². The minimum Gasteiger partial charge on any atom is -0.394 e. The van der Waals surface area contributed by atoms with E-state index >= 15 is 0 Å². The third-order valence-corrected chi connectivity index (χ3v) is 4.44. The van der Waals surface area contributed by atoms with Gasteiger partial charge in [-0.3, -0.25) is 4.79 Å². The lowest BCUT2D eigenvalue weighted by atomic mass is 9.99. The summed E-state index contributed by atoms with van der Waals surface area (Å²) < 4.78 is 0. The van der Waals surface area contributed by atoms with Crippen molar-refractivity contribution in [1.29, 1.82) is 0 Å². The Morgan fingerprint density at radius 2 is 1.91 bits per heavy atom.